The molecule has 1 N–H and O–H groups in total. The predicted octanol–water partition coefficient (Wildman–Crippen LogP) is 3.70. The first-order chi connectivity index (χ1) is 11.7. The first-order valence-corrected chi connectivity index (χ1v) is 8.26. The number of hydrogen-bond acceptors (Lipinski definition) is 4. The van der Waals surface area contributed by atoms with Gasteiger partial charge in [-0.2, -0.15) is 0 Å². The maximum absolute atomic E-state index is 12.4. The molecular weight excluding hydrogens is 302 g/mol. The van der Waals surface area contributed by atoms with Gasteiger partial charge in [0.25, 0.3) is 0 Å². The van der Waals surface area contributed by atoms with Gasteiger partial charge in [-0.05, 0) is 18.1 Å². The third-order valence-electron chi connectivity index (χ3n) is 4.19. The Morgan fingerprint density at radius 3 is 2.58 bits per heavy atom. The van der Waals surface area contributed by atoms with Crippen LogP contribution >= 0.6 is 0 Å². The van der Waals surface area contributed by atoms with Crippen molar-refractivity contribution in [2.75, 3.05) is 0 Å². The van der Waals surface area contributed by atoms with Crippen LogP contribution in [0.15, 0.2) is 59.6 Å². The topological polar surface area (TPSA) is 58.9 Å². The smallest absolute Gasteiger partial charge is 0.323 e. The fourth-order valence-corrected chi connectivity index (χ4v) is 2.98. The van der Waals surface area contributed by atoms with E-state index >= 15 is 0 Å². The van der Waals surface area contributed by atoms with Crippen molar-refractivity contribution in [1.82, 2.24) is 0 Å². The number of para-hydroxylation sites is 1. The normalized spacial score (nSPS) is 20.4. The van der Waals surface area contributed by atoms with Crippen molar-refractivity contribution in [1.29, 1.82) is 0 Å². The van der Waals surface area contributed by atoms with Crippen LogP contribution in [0.2, 0.25) is 0 Å². The lowest BCUT2D eigenvalue weighted by atomic mass is 9.87. The zero-order valence-corrected chi connectivity index (χ0v) is 13.7. The van der Waals surface area contributed by atoms with Crippen molar-refractivity contribution in [2.45, 2.75) is 32.4 Å². The molecule has 0 amide bonds. The number of aliphatic hydroxyl groups excluding tert-OH is 1. The highest BCUT2D eigenvalue weighted by Gasteiger charge is 2.39. The fraction of sp³-hybridized carbons (Fsp3) is 0.300. The number of esters is 1. The Morgan fingerprint density at radius 2 is 1.83 bits per heavy atom. The van der Waals surface area contributed by atoms with E-state index in [2.05, 4.69) is 4.99 Å². The highest BCUT2D eigenvalue weighted by Crippen LogP contribution is 2.37. The van der Waals surface area contributed by atoms with E-state index < -0.39 is 18.0 Å². The second-order valence-electron chi connectivity index (χ2n) is 5.92. The van der Waals surface area contributed by atoms with Crippen LogP contribution in [0.25, 0.3) is 0 Å². The monoisotopic (exact) mass is 323 g/mol. The molecular formula is C20H21NO3. The molecule has 0 aliphatic carbocycles. The number of nitrogens with zero attached hydrogens (tertiary/aromatic N) is 1. The molecule has 0 aromatic heterocycles. The van der Waals surface area contributed by atoms with E-state index in [4.69, 9.17) is 4.74 Å². The minimum absolute atomic E-state index is 0.429. The molecule has 3 rings (SSSR count). The number of carbonyl (C=O) groups is 1. The number of aliphatic hydroxyl groups is 1. The zero-order valence-electron chi connectivity index (χ0n) is 13.7. The first-order valence-electron chi connectivity index (χ1n) is 8.26. The molecule has 0 saturated heterocycles. The summed E-state index contributed by atoms with van der Waals surface area (Å²) in [5.74, 6) is -0.727. The number of benzene rings is 2. The average molecular weight is 323 g/mol. The molecule has 2 atom stereocenters. The number of aliphatic imine (C=N–C) groups is 1. The Kier molecular flexibility index (Phi) is 5.06. The summed E-state index contributed by atoms with van der Waals surface area (Å²) in [5.41, 5.74) is 2.42. The minimum Gasteiger partial charge on any atom is -0.426 e. The van der Waals surface area contributed by atoms with Gasteiger partial charge >= 0.3 is 5.97 Å². The fourth-order valence-electron chi connectivity index (χ4n) is 2.98. The van der Waals surface area contributed by atoms with Gasteiger partial charge in [-0.1, -0.05) is 61.9 Å². The molecule has 0 saturated carbocycles. The number of carbonyl (C=O) groups excluding carboxylic acids is 1. The zero-order chi connectivity index (χ0) is 16.9. The summed E-state index contributed by atoms with van der Waals surface area (Å²) in [6.45, 7) is 2.53. The largest absolute Gasteiger partial charge is 0.426 e. The van der Waals surface area contributed by atoms with Crippen molar-refractivity contribution in [3.05, 3.63) is 65.7 Å². The summed E-state index contributed by atoms with van der Waals surface area (Å²) in [7, 11) is 0. The Labute approximate surface area is 141 Å². The van der Waals surface area contributed by atoms with Crippen LogP contribution in [0.3, 0.4) is 0 Å². The van der Waals surface area contributed by atoms with Crippen LogP contribution in [-0.4, -0.2) is 16.8 Å². The number of ether oxygens (including phenoxy) is 1. The highest BCUT2D eigenvalue weighted by molar-refractivity contribution is 6.04. The minimum atomic E-state index is -0.913. The van der Waals surface area contributed by atoms with Gasteiger partial charge in [-0.15, -0.1) is 0 Å². The quantitative estimate of drug-likeness (QED) is 0.518. The van der Waals surface area contributed by atoms with E-state index in [1.807, 2.05) is 43.3 Å². The van der Waals surface area contributed by atoms with Gasteiger partial charge in [0.05, 0.1) is 6.54 Å². The van der Waals surface area contributed by atoms with E-state index in [1.54, 1.807) is 18.2 Å². The van der Waals surface area contributed by atoms with Gasteiger partial charge in [-0.25, -0.2) is 0 Å². The summed E-state index contributed by atoms with van der Waals surface area (Å²) in [6, 6.07) is 17.0. The summed E-state index contributed by atoms with van der Waals surface area (Å²) < 4.78 is 5.41. The standard InChI is InChI=1S/C20H21NO3/c1-2-8-16(21-13-14-9-4-3-5-10-14)18-19(22)15-11-6-7-12-17(15)24-20(18)23/h3-7,9-12,18-19,22H,2,8,13H2,1H3. The van der Waals surface area contributed by atoms with Crippen molar-refractivity contribution in [2.24, 2.45) is 10.9 Å². The third-order valence-corrected chi connectivity index (χ3v) is 4.19. The van der Waals surface area contributed by atoms with Crippen molar-refractivity contribution in [3.63, 3.8) is 0 Å². The van der Waals surface area contributed by atoms with Gasteiger partial charge in [0, 0.05) is 11.3 Å². The Hall–Kier alpha value is -2.46. The maximum Gasteiger partial charge on any atom is 0.323 e. The molecule has 4 nitrogen and oxygen atoms in total. The Bertz CT molecular complexity index is 740. The number of fused-ring (bicyclic) bond motifs is 1. The molecule has 2 unspecified atom stereocenters. The molecule has 24 heavy (non-hydrogen) atoms. The lowest BCUT2D eigenvalue weighted by Crippen LogP contribution is -2.37. The van der Waals surface area contributed by atoms with E-state index in [1.165, 1.54) is 0 Å². The van der Waals surface area contributed by atoms with Crippen LogP contribution < -0.4 is 4.74 Å². The van der Waals surface area contributed by atoms with Crippen LogP contribution in [0, 0.1) is 5.92 Å². The molecule has 1 aliphatic heterocycles. The molecule has 2 aromatic rings. The second kappa shape index (κ2) is 7.41. The van der Waals surface area contributed by atoms with Gasteiger partial charge in [0.1, 0.15) is 17.8 Å². The summed E-state index contributed by atoms with van der Waals surface area (Å²) in [6.07, 6.45) is 0.598. The van der Waals surface area contributed by atoms with Gasteiger partial charge in [-0.3, -0.25) is 9.79 Å². The van der Waals surface area contributed by atoms with E-state index in [0.29, 0.717) is 30.0 Å². The molecule has 0 radical (unpaired) electrons. The highest BCUT2D eigenvalue weighted by atomic mass is 16.5. The Morgan fingerprint density at radius 1 is 1.12 bits per heavy atom. The second-order valence-corrected chi connectivity index (χ2v) is 5.92. The molecule has 4 heteroatoms. The molecule has 124 valence electrons. The van der Waals surface area contributed by atoms with Crippen LogP contribution in [-0.2, 0) is 11.3 Å². The lowest BCUT2D eigenvalue weighted by molar-refractivity contribution is -0.142. The lowest BCUT2D eigenvalue weighted by Gasteiger charge is -2.29. The SMILES string of the molecule is CCCC(=NCc1ccccc1)C1C(=O)Oc2ccccc2C1O. The number of hydrogen-bond donors (Lipinski definition) is 1. The van der Waals surface area contributed by atoms with Crippen LogP contribution in [0.4, 0.5) is 0 Å². The summed E-state index contributed by atoms with van der Waals surface area (Å²) >= 11 is 0. The molecule has 0 spiro atoms. The summed E-state index contributed by atoms with van der Waals surface area (Å²) in [5, 5.41) is 10.7. The van der Waals surface area contributed by atoms with Crippen LogP contribution in [0.5, 0.6) is 5.75 Å². The van der Waals surface area contributed by atoms with Crippen molar-refractivity contribution >= 4 is 11.7 Å². The van der Waals surface area contributed by atoms with Crippen molar-refractivity contribution < 1.29 is 14.6 Å². The molecule has 0 fully saturated rings. The third kappa shape index (κ3) is 3.39. The van der Waals surface area contributed by atoms with Gasteiger partial charge in [0.2, 0.25) is 0 Å². The molecule has 2 aromatic carbocycles. The molecule has 0 bridgehead atoms. The van der Waals surface area contributed by atoms with Gasteiger partial charge < -0.3 is 9.84 Å². The van der Waals surface area contributed by atoms with Gasteiger partial charge in [0.15, 0.2) is 0 Å². The molecule has 1 aliphatic rings. The van der Waals surface area contributed by atoms with E-state index in [-0.39, 0.29) is 0 Å². The maximum atomic E-state index is 12.4. The molecule has 1 heterocycles. The van der Waals surface area contributed by atoms with Crippen LogP contribution in [0.1, 0.15) is 37.0 Å². The first kappa shape index (κ1) is 16.4. The number of rotatable bonds is 5. The van der Waals surface area contributed by atoms with Crippen molar-refractivity contribution in [3.8, 4) is 5.75 Å². The average Bonchev–Trinajstić information content (AvgIpc) is 2.60. The summed E-state index contributed by atoms with van der Waals surface area (Å²) in [4.78, 5) is 17.1. The Balaban J connectivity index is 1.89. The van der Waals surface area contributed by atoms with E-state index in [9.17, 15) is 9.90 Å². The van der Waals surface area contributed by atoms with E-state index in [0.717, 1.165) is 12.0 Å². The predicted molar refractivity (Wildman–Crippen MR) is 93.0 cm³/mol.